The minimum absolute atomic E-state index is 0.0587. The Kier molecular flexibility index (Phi) is 6.59. The second-order valence-corrected chi connectivity index (χ2v) is 7.87. The number of benzene rings is 1. The van der Waals surface area contributed by atoms with Gasteiger partial charge in [0, 0.05) is 24.9 Å². The number of piperidine rings is 1. The minimum atomic E-state index is 0.0587. The van der Waals surface area contributed by atoms with Gasteiger partial charge in [-0.15, -0.1) is 11.3 Å². The van der Waals surface area contributed by atoms with E-state index in [1.165, 1.54) is 29.7 Å². The zero-order chi connectivity index (χ0) is 17.5. The zero-order valence-electron chi connectivity index (χ0n) is 14.9. The molecule has 0 aliphatic carbocycles. The Labute approximate surface area is 154 Å². The lowest BCUT2D eigenvalue weighted by atomic mass is 10.0. The summed E-state index contributed by atoms with van der Waals surface area (Å²) >= 11 is 1.53. The molecule has 1 aromatic carbocycles. The Morgan fingerprint density at radius 3 is 3.00 bits per heavy atom. The molecular weight excluding hydrogens is 330 g/mol. The van der Waals surface area contributed by atoms with E-state index in [1.807, 2.05) is 18.2 Å². The fourth-order valence-electron chi connectivity index (χ4n) is 3.38. The molecule has 0 bridgehead atoms. The van der Waals surface area contributed by atoms with Crippen molar-refractivity contribution in [1.29, 1.82) is 0 Å². The number of nitrogens with one attached hydrogen (secondary N) is 1. The van der Waals surface area contributed by atoms with Gasteiger partial charge < -0.3 is 5.32 Å². The first-order valence-electron chi connectivity index (χ1n) is 9.19. The number of thiazole rings is 1. The molecule has 2 aromatic rings. The number of likely N-dealkylation sites (tertiary alicyclic amines) is 1. The van der Waals surface area contributed by atoms with E-state index < -0.39 is 0 Å². The topological polar surface area (TPSA) is 45.2 Å². The number of hydrogen-bond donors (Lipinski definition) is 1. The van der Waals surface area contributed by atoms with Gasteiger partial charge in [-0.1, -0.05) is 37.3 Å². The van der Waals surface area contributed by atoms with E-state index in [9.17, 15) is 4.79 Å². The number of aryl methyl sites for hydroxylation is 1. The van der Waals surface area contributed by atoms with E-state index in [0.29, 0.717) is 6.42 Å². The number of aromatic nitrogens is 1. The third kappa shape index (κ3) is 5.94. The van der Waals surface area contributed by atoms with Crippen LogP contribution in [0.15, 0.2) is 35.7 Å². The van der Waals surface area contributed by atoms with Crippen molar-refractivity contribution in [3.8, 4) is 0 Å². The highest BCUT2D eigenvalue weighted by atomic mass is 32.1. The van der Waals surface area contributed by atoms with Crippen LogP contribution in [-0.4, -0.2) is 28.9 Å². The molecule has 5 heteroatoms. The maximum absolute atomic E-state index is 12.1. The maximum atomic E-state index is 12.1. The SMILES string of the molecule is CC1CCCN(Cc2csc(NC(=O)CCCc3ccccc3)n2)C1. The highest BCUT2D eigenvalue weighted by molar-refractivity contribution is 7.13. The first-order valence-corrected chi connectivity index (χ1v) is 10.1. The lowest BCUT2D eigenvalue weighted by Crippen LogP contribution is -2.33. The number of amides is 1. The van der Waals surface area contributed by atoms with Crippen LogP contribution < -0.4 is 5.32 Å². The van der Waals surface area contributed by atoms with Gasteiger partial charge in [-0.3, -0.25) is 9.69 Å². The molecule has 0 saturated carbocycles. The van der Waals surface area contributed by atoms with Crippen molar-refractivity contribution in [2.24, 2.45) is 5.92 Å². The van der Waals surface area contributed by atoms with Crippen molar-refractivity contribution in [3.63, 3.8) is 0 Å². The molecule has 1 N–H and O–H groups in total. The fraction of sp³-hybridized carbons (Fsp3) is 0.500. The van der Waals surface area contributed by atoms with E-state index in [4.69, 9.17) is 0 Å². The van der Waals surface area contributed by atoms with Crippen LogP contribution in [0.2, 0.25) is 0 Å². The van der Waals surface area contributed by atoms with E-state index in [2.05, 4.69) is 39.6 Å². The number of hydrogen-bond acceptors (Lipinski definition) is 4. The summed E-state index contributed by atoms with van der Waals surface area (Å²) in [6.45, 7) is 5.51. The van der Waals surface area contributed by atoms with Gasteiger partial charge in [0.1, 0.15) is 0 Å². The summed E-state index contributed by atoms with van der Waals surface area (Å²) in [6, 6.07) is 10.3. The van der Waals surface area contributed by atoms with Crippen molar-refractivity contribution in [2.45, 2.75) is 45.6 Å². The van der Waals surface area contributed by atoms with Gasteiger partial charge in [0.25, 0.3) is 0 Å². The summed E-state index contributed by atoms with van der Waals surface area (Å²) in [5.41, 5.74) is 2.35. The first-order chi connectivity index (χ1) is 12.2. The summed E-state index contributed by atoms with van der Waals surface area (Å²) < 4.78 is 0. The molecule has 25 heavy (non-hydrogen) atoms. The average Bonchev–Trinajstić information content (AvgIpc) is 3.02. The van der Waals surface area contributed by atoms with E-state index in [1.54, 1.807) is 0 Å². The van der Waals surface area contributed by atoms with Crippen LogP contribution >= 0.6 is 11.3 Å². The number of rotatable bonds is 7. The molecule has 3 rings (SSSR count). The monoisotopic (exact) mass is 357 g/mol. The Morgan fingerprint density at radius 2 is 2.20 bits per heavy atom. The minimum Gasteiger partial charge on any atom is -0.302 e. The molecule has 1 unspecified atom stereocenters. The van der Waals surface area contributed by atoms with E-state index >= 15 is 0 Å². The Balaban J connectivity index is 1.40. The molecular formula is C20H27N3OS. The predicted molar refractivity (Wildman–Crippen MR) is 104 cm³/mol. The zero-order valence-corrected chi connectivity index (χ0v) is 15.7. The molecule has 134 valence electrons. The average molecular weight is 358 g/mol. The number of carbonyl (C=O) groups excluding carboxylic acids is 1. The van der Waals surface area contributed by atoms with Crippen LogP contribution in [0.1, 0.15) is 43.9 Å². The summed E-state index contributed by atoms with van der Waals surface area (Å²) in [4.78, 5) is 19.1. The van der Waals surface area contributed by atoms with Gasteiger partial charge in [-0.05, 0) is 43.7 Å². The number of nitrogens with zero attached hydrogens (tertiary/aromatic N) is 2. The quantitative estimate of drug-likeness (QED) is 0.802. The van der Waals surface area contributed by atoms with Crippen molar-refractivity contribution >= 4 is 22.4 Å². The molecule has 1 aliphatic heterocycles. The summed E-state index contributed by atoms with van der Waals surface area (Å²) in [5.74, 6) is 0.833. The second-order valence-electron chi connectivity index (χ2n) is 7.01. The summed E-state index contributed by atoms with van der Waals surface area (Å²) in [5, 5.41) is 5.74. The third-order valence-electron chi connectivity index (χ3n) is 4.64. The van der Waals surface area contributed by atoms with Crippen LogP contribution in [0.4, 0.5) is 5.13 Å². The van der Waals surface area contributed by atoms with Gasteiger partial charge >= 0.3 is 0 Å². The molecule has 0 spiro atoms. The van der Waals surface area contributed by atoms with Crippen molar-refractivity contribution in [3.05, 3.63) is 47.0 Å². The van der Waals surface area contributed by atoms with Crippen LogP contribution in [0.25, 0.3) is 0 Å². The lowest BCUT2D eigenvalue weighted by molar-refractivity contribution is -0.116. The Morgan fingerprint density at radius 1 is 1.36 bits per heavy atom. The maximum Gasteiger partial charge on any atom is 0.226 e. The van der Waals surface area contributed by atoms with Gasteiger partial charge in [-0.25, -0.2) is 4.98 Å². The van der Waals surface area contributed by atoms with Crippen molar-refractivity contribution in [1.82, 2.24) is 9.88 Å². The van der Waals surface area contributed by atoms with Gasteiger partial charge in [0.2, 0.25) is 5.91 Å². The summed E-state index contributed by atoms with van der Waals surface area (Å²) in [6.07, 6.45) is 4.94. The van der Waals surface area contributed by atoms with Crippen molar-refractivity contribution in [2.75, 3.05) is 18.4 Å². The van der Waals surface area contributed by atoms with Gasteiger partial charge in [0.05, 0.1) is 5.69 Å². The predicted octanol–water partition coefficient (Wildman–Crippen LogP) is 4.34. The Hall–Kier alpha value is -1.72. The molecule has 4 nitrogen and oxygen atoms in total. The molecule has 1 amide bonds. The van der Waals surface area contributed by atoms with Crippen molar-refractivity contribution < 1.29 is 4.79 Å². The highest BCUT2D eigenvalue weighted by Gasteiger charge is 2.17. The molecule has 1 fully saturated rings. The highest BCUT2D eigenvalue weighted by Crippen LogP contribution is 2.21. The van der Waals surface area contributed by atoms with Crippen LogP contribution in [0.5, 0.6) is 0 Å². The normalized spacial score (nSPS) is 18.2. The van der Waals surface area contributed by atoms with Crippen LogP contribution in [0.3, 0.4) is 0 Å². The third-order valence-corrected chi connectivity index (χ3v) is 5.44. The smallest absolute Gasteiger partial charge is 0.226 e. The lowest BCUT2D eigenvalue weighted by Gasteiger charge is -2.30. The van der Waals surface area contributed by atoms with Crippen LogP contribution in [0, 0.1) is 5.92 Å². The van der Waals surface area contributed by atoms with E-state index in [0.717, 1.165) is 49.2 Å². The fourth-order valence-corrected chi connectivity index (χ4v) is 4.09. The standard InChI is InChI=1S/C20H27N3OS/c1-16-7-6-12-23(13-16)14-18-15-25-20(21-18)22-19(24)11-5-10-17-8-3-2-4-9-17/h2-4,8-9,15-16H,5-7,10-14H2,1H3,(H,21,22,24). The molecule has 2 heterocycles. The number of carbonyl (C=O) groups is 1. The number of anilines is 1. The van der Waals surface area contributed by atoms with Gasteiger partial charge in [-0.2, -0.15) is 0 Å². The van der Waals surface area contributed by atoms with E-state index in [-0.39, 0.29) is 5.91 Å². The second kappa shape index (κ2) is 9.11. The molecule has 1 aliphatic rings. The molecule has 1 saturated heterocycles. The van der Waals surface area contributed by atoms with Gasteiger partial charge in [0.15, 0.2) is 5.13 Å². The molecule has 1 aromatic heterocycles. The van der Waals surface area contributed by atoms with Crippen LogP contribution in [-0.2, 0) is 17.8 Å². The molecule has 0 radical (unpaired) electrons. The largest absolute Gasteiger partial charge is 0.302 e. The Bertz CT molecular complexity index is 671. The molecule has 1 atom stereocenters. The summed E-state index contributed by atoms with van der Waals surface area (Å²) in [7, 11) is 0. The first kappa shape index (κ1) is 18.1.